The fraction of sp³-hybridized carbons (Fsp3) is 0.429. The van der Waals surface area contributed by atoms with Crippen LogP contribution in [0.5, 0.6) is 0 Å². The van der Waals surface area contributed by atoms with Crippen molar-refractivity contribution in [1.82, 2.24) is 49.3 Å². The first-order valence-corrected chi connectivity index (χ1v) is 33.8. The van der Waals surface area contributed by atoms with Crippen molar-refractivity contribution in [3.05, 3.63) is 117 Å². The molecule has 0 amide bonds. The Kier molecular flexibility index (Phi) is 19.2. The maximum Gasteiger partial charge on any atom is 0.339 e. The molecule has 2 saturated heterocycles. The number of carbonyl (C=O) groups is 2. The van der Waals surface area contributed by atoms with Crippen LogP contribution in [0.2, 0.25) is 10.0 Å². The molecule has 0 radical (unpaired) electrons. The summed E-state index contributed by atoms with van der Waals surface area (Å²) in [6.45, 7) is 34.0. The lowest BCUT2D eigenvalue weighted by Gasteiger charge is -2.37. The van der Waals surface area contributed by atoms with Crippen LogP contribution in [-0.2, 0) is 37.9 Å². The van der Waals surface area contributed by atoms with Gasteiger partial charge in [-0.25, -0.2) is 38.9 Å². The number of aryl methyl sites for hydroxylation is 4. The molecule has 2 atom stereocenters. The Morgan fingerprint density at radius 2 is 0.957 bits per heavy atom. The number of anilines is 2. The van der Waals surface area contributed by atoms with Gasteiger partial charge in [-0.15, -0.1) is 22.7 Å². The molecule has 6 aromatic heterocycles. The summed E-state index contributed by atoms with van der Waals surface area (Å²) in [4.78, 5) is 55.8. The number of esters is 1. The number of hydrogen-bond donors (Lipinski definition) is 1. The summed E-state index contributed by atoms with van der Waals surface area (Å²) in [6, 6.07) is 24.5. The van der Waals surface area contributed by atoms with Crippen molar-refractivity contribution in [3.63, 3.8) is 0 Å². The number of piperazine rings is 2. The van der Waals surface area contributed by atoms with E-state index in [2.05, 4.69) is 59.4 Å². The van der Waals surface area contributed by atoms with Gasteiger partial charge in [-0.05, 0) is 161 Å². The third-order valence-electron chi connectivity index (χ3n) is 16.8. The standard InChI is InChI=1S/C36H43ClN6O3S.C34H39ClN6O3S/c1-9-45-35(44)30(46-36(5,6)7)28-22(4)18-27-31(29(28)23-10-12-25(37)13-11-23)47-34(39-27)24-19-26-32(38-20-24)41(8)40-33(26)43-16-14-42(15-17-43)21(2)3;1-19(2)40-12-14-41(15-13-40)31-24-17-22(18-36-30(24)39(7)38-31)32-37-25-16-20(3)26(28(33(42)43)44-34(4,5)6)27(29(25)45-32)21-8-10-23(35)11-9-21/h10-13,18-21,30H,9,14-17H2,1-8H3;8-11,16-19,28H,12-15H2,1-7H3,(H,42,43)/t30-;28-/m00/s1. The Labute approximate surface area is 556 Å². The largest absolute Gasteiger partial charge is 0.479 e. The lowest BCUT2D eigenvalue weighted by molar-refractivity contribution is -0.166. The number of nitrogens with zero attached hydrogens (tertiary/aromatic N) is 12. The summed E-state index contributed by atoms with van der Waals surface area (Å²) in [6.07, 6.45) is 1.63. The molecule has 2 fully saturated rings. The third kappa shape index (κ3) is 13.9. The molecule has 10 aromatic rings. The van der Waals surface area contributed by atoms with Crippen molar-refractivity contribution in [2.24, 2.45) is 14.1 Å². The molecule has 0 saturated carbocycles. The molecule has 8 heterocycles. The molecule has 92 heavy (non-hydrogen) atoms. The van der Waals surface area contributed by atoms with Gasteiger partial charge in [0.25, 0.3) is 0 Å². The lowest BCUT2D eigenvalue weighted by Crippen LogP contribution is -2.49. The van der Waals surface area contributed by atoms with Crippen LogP contribution >= 0.6 is 45.9 Å². The number of rotatable bonds is 15. The van der Waals surface area contributed by atoms with E-state index in [1.807, 2.05) is 159 Å². The van der Waals surface area contributed by atoms with E-state index >= 15 is 0 Å². The topological polar surface area (TPSA) is 182 Å². The predicted octanol–water partition coefficient (Wildman–Crippen LogP) is 15.2. The molecule has 2 aliphatic rings. The molecule has 18 nitrogen and oxygen atoms in total. The highest BCUT2D eigenvalue weighted by Crippen LogP contribution is 2.47. The number of fused-ring (bicyclic) bond motifs is 4. The number of carboxylic acid groups (broad SMARTS) is 1. The average molecular weight is 1320 g/mol. The van der Waals surface area contributed by atoms with Gasteiger partial charge in [0.05, 0.1) is 49.0 Å². The van der Waals surface area contributed by atoms with Gasteiger partial charge in [0.15, 0.2) is 35.1 Å². The number of aliphatic carboxylic acids is 1. The molecule has 2 aliphatic heterocycles. The number of carbonyl (C=O) groups excluding carboxylic acids is 1. The Morgan fingerprint density at radius 1 is 0.576 bits per heavy atom. The minimum absolute atomic E-state index is 0.254. The molecule has 12 rings (SSSR count). The van der Waals surface area contributed by atoms with Crippen LogP contribution in [0.1, 0.15) is 111 Å². The van der Waals surface area contributed by atoms with Crippen LogP contribution in [0.3, 0.4) is 0 Å². The first-order chi connectivity index (χ1) is 43.6. The zero-order valence-electron chi connectivity index (χ0n) is 55.2. The zero-order valence-corrected chi connectivity index (χ0v) is 58.3. The van der Waals surface area contributed by atoms with Gasteiger partial charge in [0.2, 0.25) is 0 Å². The second-order valence-electron chi connectivity index (χ2n) is 26.3. The lowest BCUT2D eigenvalue weighted by atomic mass is 9.91. The Morgan fingerprint density at radius 3 is 1.32 bits per heavy atom. The maximum absolute atomic E-state index is 13.5. The summed E-state index contributed by atoms with van der Waals surface area (Å²) in [5, 5.41) is 25.0. The molecular weight excluding hydrogens is 1240 g/mol. The van der Waals surface area contributed by atoms with E-state index in [1.165, 1.54) is 11.3 Å². The predicted molar refractivity (Wildman–Crippen MR) is 374 cm³/mol. The van der Waals surface area contributed by atoms with E-state index in [-0.39, 0.29) is 6.61 Å². The molecule has 22 heteroatoms. The van der Waals surface area contributed by atoms with E-state index in [4.69, 9.17) is 67.5 Å². The Hall–Kier alpha value is -7.14. The quantitative estimate of drug-likeness (QED) is 0.0956. The summed E-state index contributed by atoms with van der Waals surface area (Å²) in [7, 11) is 3.88. The number of aromatic nitrogens is 8. The van der Waals surface area contributed by atoms with Gasteiger partial charge in [-0.3, -0.25) is 9.80 Å². The summed E-state index contributed by atoms with van der Waals surface area (Å²) in [5.41, 5.74) is 10.4. The van der Waals surface area contributed by atoms with Gasteiger partial charge >= 0.3 is 11.9 Å². The highest BCUT2D eigenvalue weighted by atomic mass is 35.5. The minimum atomic E-state index is -1.17. The summed E-state index contributed by atoms with van der Waals surface area (Å²) < 4.78 is 23.7. The van der Waals surface area contributed by atoms with Crippen LogP contribution in [0.4, 0.5) is 11.6 Å². The maximum atomic E-state index is 13.5. The number of ether oxygens (including phenoxy) is 3. The Balaban J connectivity index is 0.000000189. The van der Waals surface area contributed by atoms with Crippen LogP contribution < -0.4 is 9.80 Å². The summed E-state index contributed by atoms with van der Waals surface area (Å²) >= 11 is 15.7. The molecule has 484 valence electrons. The highest BCUT2D eigenvalue weighted by Gasteiger charge is 2.36. The number of thiazole rings is 2. The van der Waals surface area contributed by atoms with Gasteiger partial charge in [0.1, 0.15) is 10.0 Å². The number of pyridine rings is 2. The molecule has 0 aliphatic carbocycles. The van der Waals surface area contributed by atoms with E-state index in [0.29, 0.717) is 27.7 Å². The molecule has 0 unspecified atom stereocenters. The number of hydrogen-bond acceptors (Lipinski definition) is 17. The molecular formula is C70H82Cl2N12O6S2. The van der Waals surface area contributed by atoms with E-state index < -0.39 is 35.3 Å². The van der Waals surface area contributed by atoms with Crippen LogP contribution in [-0.4, -0.2) is 149 Å². The second-order valence-corrected chi connectivity index (χ2v) is 29.2. The zero-order chi connectivity index (χ0) is 65.8. The van der Waals surface area contributed by atoms with Gasteiger partial charge in [-0.1, -0.05) is 47.5 Å². The van der Waals surface area contributed by atoms with E-state index in [0.717, 1.165) is 167 Å². The second kappa shape index (κ2) is 26.7. The molecule has 1 N–H and O–H groups in total. The monoisotopic (exact) mass is 1320 g/mol. The molecule has 0 bridgehead atoms. The van der Waals surface area contributed by atoms with Crippen molar-refractivity contribution in [2.75, 3.05) is 68.8 Å². The van der Waals surface area contributed by atoms with Crippen molar-refractivity contribution in [2.45, 2.75) is 126 Å². The van der Waals surface area contributed by atoms with Crippen molar-refractivity contribution in [1.29, 1.82) is 0 Å². The SMILES string of the molecule is CCOC(=O)[C@@H](OC(C)(C)C)c1c(C)cc2nc(-c3cnc4c(c3)c(N3CCN(C(C)C)CC3)nn4C)sc2c1-c1ccc(Cl)cc1.Cc1cc2nc(-c3cnc4c(c3)c(N3CCN(C(C)C)CC3)nn4C)sc2c(-c2ccc(Cl)cc2)c1[C@H](OC(C)(C)C)C(=O)O. The first kappa shape index (κ1) is 66.3. The smallest absolute Gasteiger partial charge is 0.339 e. The highest BCUT2D eigenvalue weighted by molar-refractivity contribution is 7.22. The van der Waals surface area contributed by atoms with E-state index in [1.54, 1.807) is 11.3 Å². The van der Waals surface area contributed by atoms with Crippen molar-refractivity contribution < 1.29 is 28.9 Å². The number of carboxylic acids is 1. The van der Waals surface area contributed by atoms with Crippen LogP contribution in [0.15, 0.2) is 85.2 Å². The number of benzene rings is 4. The number of halogens is 2. The fourth-order valence-electron chi connectivity index (χ4n) is 12.4. The average Bonchev–Trinajstić information content (AvgIpc) is 1.49. The van der Waals surface area contributed by atoms with Crippen LogP contribution in [0.25, 0.3) is 85.9 Å². The van der Waals surface area contributed by atoms with Crippen molar-refractivity contribution >= 4 is 112 Å². The summed E-state index contributed by atoms with van der Waals surface area (Å²) in [5.74, 6) is 0.436. The van der Waals surface area contributed by atoms with Crippen molar-refractivity contribution in [3.8, 4) is 43.4 Å². The Bertz CT molecular complexity index is 4360. The third-order valence-corrected chi connectivity index (χ3v) is 19.6. The van der Waals surface area contributed by atoms with Crippen LogP contribution in [0, 0.1) is 13.8 Å². The van der Waals surface area contributed by atoms with Gasteiger partial charge in [0, 0.05) is 134 Å². The van der Waals surface area contributed by atoms with Gasteiger partial charge < -0.3 is 29.1 Å². The molecule has 0 spiro atoms. The molecule has 4 aromatic carbocycles. The minimum Gasteiger partial charge on any atom is -0.479 e. The van der Waals surface area contributed by atoms with Gasteiger partial charge in [-0.2, -0.15) is 10.2 Å². The van der Waals surface area contributed by atoms with E-state index in [9.17, 15) is 14.7 Å². The normalized spacial score (nSPS) is 15.3. The first-order valence-electron chi connectivity index (χ1n) is 31.4. The fourth-order valence-corrected chi connectivity index (χ4v) is 14.8.